The number of aromatic nitrogens is 2. The second kappa shape index (κ2) is 56.9. The number of nitrogens with two attached hydrogens (primary N) is 7. The number of β-amino-alcohol motifs (C(OH)–C–C–N with tert-alkyl or cyclic N) is 1. The molecular formula is C94H144BrN30O18S3+. The van der Waals surface area contributed by atoms with Gasteiger partial charge in [-0.1, -0.05) is 40.6 Å². The molecule has 3 aromatic carbocycles. The second-order valence-electron chi connectivity index (χ2n) is 36.9. The fourth-order valence-electron chi connectivity index (χ4n) is 18.0. The van der Waals surface area contributed by atoms with Crippen LogP contribution in [0.2, 0.25) is 0 Å². The van der Waals surface area contributed by atoms with E-state index in [0.717, 1.165) is 37.2 Å². The van der Waals surface area contributed by atoms with Gasteiger partial charge in [0, 0.05) is 121 Å². The van der Waals surface area contributed by atoms with Gasteiger partial charge in [0.2, 0.25) is 64.8 Å². The maximum atomic E-state index is 14.9. The minimum atomic E-state index is -4.64. The Hall–Kier alpha value is -12.7. The summed E-state index contributed by atoms with van der Waals surface area (Å²) < 4.78 is 73.8. The zero-order valence-electron chi connectivity index (χ0n) is 82.9. The SMILES string of the molecule is CCN1/C(=C/C=C/C=C/C2=[N+](CC)c3ccc(S(=O)(=O)O)cc3C2(C)C)C(C)(CCCC(=O)NCCCC[C@@H](NC(=O)C(CCCNC(=N)N)NC(=O)[C@@H](CCCNC(=N)N)NC(=O)C(CCCNN)NC(=O)[C@@H](CCCN)NC(=O)C(CCCNC(=N)N)NC(=O)[C@@H](CCCNC(=N)N)NC(=O)CCCCCNC(=O)[C@H]2C[C@H](O)CN2Cc2nc3c(sc4ccc(Br)cc43)c(=O)[nH]2)C(N)=O)c2cc(S(=O)(=O)O)ccc21. The average molecular weight is 2160 g/mol. The summed E-state index contributed by atoms with van der Waals surface area (Å²) in [5.74, 6) is -3.06. The number of halogens is 1. The highest BCUT2D eigenvalue weighted by atomic mass is 79.9. The number of hydrogen-bond donors (Lipinski definition) is 29. The lowest BCUT2D eigenvalue weighted by Gasteiger charge is -2.30. The zero-order valence-corrected chi connectivity index (χ0v) is 87.0. The van der Waals surface area contributed by atoms with E-state index in [1.165, 1.54) is 35.6 Å². The minimum absolute atomic E-state index is 0.00964. The van der Waals surface area contributed by atoms with Crippen LogP contribution in [-0.4, -0.2) is 266 Å². The van der Waals surface area contributed by atoms with Crippen LogP contribution in [0.4, 0.5) is 11.4 Å². The highest BCUT2D eigenvalue weighted by molar-refractivity contribution is 9.10. The smallest absolute Gasteiger partial charge is 0.294 e. The van der Waals surface area contributed by atoms with Gasteiger partial charge in [0.25, 0.3) is 25.8 Å². The number of aromatic amines is 1. The predicted molar refractivity (Wildman–Crippen MR) is 559 cm³/mol. The number of likely N-dealkylation sites (N-methyl/N-ethyl adjacent to an activating group) is 1. The average Bonchev–Trinajstić information content (AvgIpc) is 1.58. The molecule has 52 heteroatoms. The first-order valence-corrected chi connectivity index (χ1v) is 53.4. The number of thiophene rings is 1. The summed E-state index contributed by atoms with van der Waals surface area (Å²) in [6.07, 6.45) is 10.9. The van der Waals surface area contributed by atoms with Crippen molar-refractivity contribution in [2.45, 2.75) is 264 Å². The Labute approximate surface area is 860 Å². The third-order valence-corrected chi connectivity index (χ3v) is 28.9. The van der Waals surface area contributed by atoms with Crippen molar-refractivity contribution < 1.29 is 83.6 Å². The quantitative estimate of drug-likeness (QED) is 0.00363. The standard InChI is InChI=1S/C94H143BrN30O18S3/c1-6-124-69-37-35-57(145(138,139)140)51-60(69)93(3,4)73(124)30-10-8-11-31-74-94(5,61-52-58(146(141,142)143)36-38-70(61)125(74)7-2)40-16-33-76(127)107-42-15-13-23-62(80(97)129)115-82(131)65(26-19-45-110-90(100)101)118-85(134)67(28-21-47-112-92(104)105)119-86(135)68(29-22-48-113-106)120-83(132)64(24-17-41-96)116-84(133)66(27-20-46-111-91(102)103)117-81(130)63(25-18-44-109-89(98)99)114-77(128)32-12-9-14-43-108-87(136)71-50-56(126)53-123(71)54-75-121-78-59-49-55(95)34-39-72(59)144-79(78)88(137)122-75/h8,10-11,30-31,34-39,49,51-52,56,62-68,71,113,126H,6-7,9,12-29,32-33,40-48,50,53-54,96,106H2,1-5H3,(H29-,97,98,99,100,101,102,103,104,105,107,108,109,110,111,112,114,115,116,117,118,119,120,121,122,127,128,129,130,131,132,133,134,135,136,137,138,139,140,141,142,143)/p+1/t56-,62+,63+,64+,65?,66?,67+,68?,71+,94?/m0/s1. The van der Waals surface area contributed by atoms with Gasteiger partial charge in [-0.2, -0.15) is 21.4 Å². The first-order valence-electron chi connectivity index (χ1n) is 48.9. The maximum absolute atomic E-state index is 14.9. The first kappa shape index (κ1) is 119. The number of nitrogens with one attached hydrogen (secondary N) is 19. The van der Waals surface area contributed by atoms with Gasteiger partial charge >= 0.3 is 0 Å². The molecule has 5 aromatic rings. The molecule has 5 heterocycles. The summed E-state index contributed by atoms with van der Waals surface area (Å²) >= 11 is 4.81. The number of carbonyl (C=O) groups is 10. The fraction of sp³-hybridized carbons (Fsp3) is 0.543. The Bertz CT molecular complexity index is 5940. The Morgan fingerprint density at radius 2 is 1.04 bits per heavy atom. The van der Waals surface area contributed by atoms with Crippen molar-refractivity contribution in [3.8, 4) is 0 Å². The van der Waals surface area contributed by atoms with Crippen LogP contribution in [0, 0.1) is 21.6 Å². The van der Waals surface area contributed by atoms with Crippen molar-refractivity contribution in [2.75, 3.05) is 76.9 Å². The molecule has 146 heavy (non-hydrogen) atoms. The molecule has 1 saturated heterocycles. The van der Waals surface area contributed by atoms with E-state index in [1.807, 2.05) is 88.1 Å². The largest absolute Gasteiger partial charge is 0.392 e. The maximum Gasteiger partial charge on any atom is 0.294 e. The number of amides is 10. The highest BCUT2D eigenvalue weighted by Crippen LogP contribution is 2.51. The van der Waals surface area contributed by atoms with Crippen molar-refractivity contribution in [2.24, 2.45) is 40.2 Å². The summed E-state index contributed by atoms with van der Waals surface area (Å²) in [7, 11) is -9.11. The number of nitrogens with zero attached hydrogens (tertiary/aromatic N) is 4. The number of H-pyrrole nitrogens is 1. The van der Waals surface area contributed by atoms with Crippen LogP contribution in [0.1, 0.15) is 199 Å². The van der Waals surface area contributed by atoms with E-state index in [4.69, 9.17) is 66.9 Å². The molecule has 10 amide bonds. The van der Waals surface area contributed by atoms with Crippen LogP contribution in [-0.2, 0) is 85.6 Å². The summed E-state index contributed by atoms with van der Waals surface area (Å²) in [5.41, 5.74) is 39.9. The predicted octanol–water partition coefficient (Wildman–Crippen LogP) is 0.267. The molecule has 0 radical (unpaired) electrons. The van der Waals surface area contributed by atoms with E-state index in [-0.39, 0.29) is 220 Å². The van der Waals surface area contributed by atoms with Crippen molar-refractivity contribution in [3.05, 3.63) is 122 Å². The van der Waals surface area contributed by atoms with E-state index in [1.54, 1.807) is 17.0 Å². The van der Waals surface area contributed by atoms with Crippen molar-refractivity contribution in [3.63, 3.8) is 0 Å². The number of hydrogen-bond acceptors (Lipinski definition) is 27. The third-order valence-electron chi connectivity index (χ3n) is 25.5. The lowest BCUT2D eigenvalue weighted by Crippen LogP contribution is -2.60. The topological polar surface area (TPSA) is 801 Å². The van der Waals surface area contributed by atoms with Crippen LogP contribution in [0.25, 0.3) is 20.3 Å². The van der Waals surface area contributed by atoms with Gasteiger partial charge in [0.15, 0.2) is 29.5 Å². The van der Waals surface area contributed by atoms with E-state index in [9.17, 15) is 83.8 Å². The number of carbonyl (C=O) groups excluding carboxylic acids is 10. The number of hydrazine groups is 1. The van der Waals surface area contributed by atoms with E-state index in [0.29, 0.717) is 72.5 Å². The fourth-order valence-corrected chi connectivity index (χ4v) is 20.4. The molecule has 3 aliphatic rings. The number of allylic oxidation sites excluding steroid dienone is 6. The highest BCUT2D eigenvalue weighted by Gasteiger charge is 2.47. The molecule has 0 bridgehead atoms. The molecular weight excluding hydrogens is 2010 g/mol. The third kappa shape index (κ3) is 35.3. The zero-order chi connectivity index (χ0) is 107. The number of primary amides is 1. The molecule has 0 saturated carbocycles. The van der Waals surface area contributed by atoms with E-state index >= 15 is 0 Å². The number of anilines is 1. The number of guanidine groups is 4. The van der Waals surface area contributed by atoms with Crippen molar-refractivity contribution >= 4 is 168 Å². The number of fused-ring (bicyclic) bond motifs is 5. The van der Waals surface area contributed by atoms with Crippen LogP contribution < -0.4 is 125 Å². The first-order chi connectivity index (χ1) is 69.2. The summed E-state index contributed by atoms with van der Waals surface area (Å²) in [6.45, 7) is 11.7. The summed E-state index contributed by atoms with van der Waals surface area (Å²) in [5, 5.41) is 77.7. The Kier molecular flexibility index (Phi) is 46.2. The lowest BCUT2D eigenvalue weighted by molar-refractivity contribution is -0.433. The number of benzene rings is 3. The van der Waals surface area contributed by atoms with Crippen molar-refractivity contribution in [1.82, 2.24) is 89.4 Å². The van der Waals surface area contributed by atoms with Crippen LogP contribution in [0.15, 0.2) is 110 Å². The molecule has 3 aliphatic heterocycles. The monoisotopic (exact) mass is 2160 g/mol. The number of aliphatic hydroxyl groups excluding tert-OH is 1. The minimum Gasteiger partial charge on any atom is -0.392 e. The van der Waals surface area contributed by atoms with Crippen LogP contribution in [0.3, 0.4) is 0 Å². The summed E-state index contributed by atoms with van der Waals surface area (Å²) in [4.78, 5) is 167. The molecule has 8 rings (SSSR count). The van der Waals surface area contributed by atoms with Gasteiger partial charge in [-0.05, 0) is 230 Å². The molecule has 1 fully saturated rings. The number of aliphatic hydroxyl groups is 1. The summed E-state index contributed by atoms with van der Waals surface area (Å²) in [6, 6.07) is 3.86. The van der Waals surface area contributed by atoms with Gasteiger partial charge in [0.05, 0.1) is 39.4 Å². The molecule has 48 nitrogen and oxygen atoms in total. The van der Waals surface area contributed by atoms with Crippen molar-refractivity contribution in [1.29, 1.82) is 21.6 Å². The van der Waals surface area contributed by atoms with Gasteiger partial charge in [-0.25, -0.2) is 4.98 Å². The molecule has 10 atom stereocenters. The molecule has 36 N–H and O–H groups in total. The molecule has 0 spiro atoms. The Balaban J connectivity index is 0.886. The van der Waals surface area contributed by atoms with E-state index in [2.05, 4.69) is 100 Å². The van der Waals surface area contributed by atoms with Crippen LogP contribution >= 0.6 is 27.3 Å². The second-order valence-corrected chi connectivity index (χ2v) is 41.7. The molecule has 0 aliphatic carbocycles. The normalized spacial score (nSPS) is 17.2. The van der Waals surface area contributed by atoms with E-state index < -0.39 is 145 Å². The van der Waals surface area contributed by atoms with Gasteiger partial charge < -0.3 is 119 Å². The number of likely N-dealkylation sites (tertiary alicyclic amines) is 1. The molecule has 4 unspecified atom stereocenters. The van der Waals surface area contributed by atoms with Gasteiger partial charge in [-0.3, -0.25) is 99.7 Å². The number of unbranched alkanes of at least 4 members (excludes halogenated alkanes) is 3. The van der Waals surface area contributed by atoms with Crippen LogP contribution in [0.5, 0.6) is 0 Å². The number of rotatable bonds is 62. The molecule has 802 valence electrons. The molecule has 2 aromatic heterocycles. The Morgan fingerprint density at radius 1 is 0.568 bits per heavy atom. The van der Waals surface area contributed by atoms with Gasteiger partial charge in [-0.15, -0.1) is 11.3 Å². The lowest BCUT2D eigenvalue weighted by atomic mass is 9.77. The van der Waals surface area contributed by atoms with Gasteiger partial charge in [0.1, 0.15) is 59.4 Å². The Morgan fingerprint density at radius 3 is 1.54 bits per heavy atom.